The quantitative estimate of drug-likeness (QED) is 0.0227. The highest BCUT2D eigenvalue weighted by molar-refractivity contribution is 5.70. The van der Waals surface area contributed by atoms with E-state index in [-0.39, 0.29) is 42.7 Å². The van der Waals surface area contributed by atoms with Gasteiger partial charge in [-0.1, -0.05) is 108 Å². The standard InChI is InChI=1S/C40H71NO7/c1-6-8-10-12-14-16-17-18-19-20-21-23-25-27-29-31-39(43)48-36(34-46-33-32-37(40(44)45)41(3,4)5)35-47-38(42)30-28-26-24-22-15-13-11-9-7-2/h14,16-18,22,24,36-37H,6-13,15,19-21,23,25-35H2,1-5H3/b16-14+,18-17+,24-22+. The number of quaternary nitrogens is 1. The van der Waals surface area contributed by atoms with Crippen molar-refractivity contribution in [3.63, 3.8) is 0 Å². The van der Waals surface area contributed by atoms with Crippen molar-refractivity contribution in [2.75, 3.05) is 41.0 Å². The summed E-state index contributed by atoms with van der Waals surface area (Å²) in [5.41, 5.74) is 0. The van der Waals surface area contributed by atoms with E-state index in [1.165, 1.54) is 57.8 Å². The second-order valence-electron chi connectivity index (χ2n) is 13.8. The Hall–Kier alpha value is -2.45. The van der Waals surface area contributed by atoms with Gasteiger partial charge < -0.3 is 28.6 Å². The molecular formula is C40H71NO7. The Balaban J connectivity index is 4.46. The summed E-state index contributed by atoms with van der Waals surface area (Å²) in [6.45, 7) is 4.53. The Morgan fingerprint density at radius 2 is 1.12 bits per heavy atom. The van der Waals surface area contributed by atoms with Gasteiger partial charge in [0.2, 0.25) is 0 Å². The van der Waals surface area contributed by atoms with E-state index in [0.29, 0.717) is 19.3 Å². The summed E-state index contributed by atoms with van der Waals surface area (Å²) in [4.78, 5) is 36.5. The molecule has 8 heteroatoms. The van der Waals surface area contributed by atoms with Crippen molar-refractivity contribution < 1.29 is 38.2 Å². The van der Waals surface area contributed by atoms with Crippen LogP contribution in [0.25, 0.3) is 0 Å². The maximum Gasteiger partial charge on any atom is 0.306 e. The predicted octanol–water partition coefficient (Wildman–Crippen LogP) is 8.18. The third kappa shape index (κ3) is 29.7. The van der Waals surface area contributed by atoms with Gasteiger partial charge in [-0.3, -0.25) is 9.59 Å². The highest BCUT2D eigenvalue weighted by atomic mass is 16.6. The molecular weight excluding hydrogens is 606 g/mol. The van der Waals surface area contributed by atoms with Crippen LogP contribution in [-0.4, -0.2) is 75.5 Å². The highest BCUT2D eigenvalue weighted by Gasteiger charge is 2.25. The number of rotatable bonds is 33. The summed E-state index contributed by atoms with van der Waals surface area (Å²) >= 11 is 0. The molecule has 2 atom stereocenters. The average Bonchev–Trinajstić information content (AvgIpc) is 3.03. The lowest BCUT2D eigenvalue weighted by Gasteiger charge is -2.34. The summed E-state index contributed by atoms with van der Waals surface area (Å²) in [6, 6.07) is -0.729. The lowest BCUT2D eigenvalue weighted by atomic mass is 10.1. The van der Waals surface area contributed by atoms with Crippen LogP contribution in [0, 0.1) is 0 Å². The molecule has 0 N–H and O–H groups in total. The van der Waals surface area contributed by atoms with Crippen LogP contribution in [0.3, 0.4) is 0 Å². The van der Waals surface area contributed by atoms with E-state index in [0.717, 1.165) is 51.4 Å². The highest BCUT2D eigenvalue weighted by Crippen LogP contribution is 2.12. The van der Waals surface area contributed by atoms with Crippen LogP contribution in [0.4, 0.5) is 0 Å². The molecule has 48 heavy (non-hydrogen) atoms. The number of nitrogens with zero attached hydrogens (tertiary/aromatic N) is 1. The summed E-state index contributed by atoms with van der Waals surface area (Å²) in [5.74, 6) is -1.80. The molecule has 0 saturated heterocycles. The Morgan fingerprint density at radius 1 is 0.625 bits per heavy atom. The van der Waals surface area contributed by atoms with Crippen molar-refractivity contribution in [1.29, 1.82) is 0 Å². The van der Waals surface area contributed by atoms with E-state index >= 15 is 0 Å². The van der Waals surface area contributed by atoms with Gasteiger partial charge in [0, 0.05) is 19.3 Å². The second kappa shape index (κ2) is 31.8. The molecule has 2 unspecified atom stereocenters. The fourth-order valence-corrected chi connectivity index (χ4v) is 5.24. The van der Waals surface area contributed by atoms with E-state index in [2.05, 4.69) is 50.3 Å². The van der Waals surface area contributed by atoms with Crippen molar-refractivity contribution in [2.45, 2.75) is 161 Å². The van der Waals surface area contributed by atoms with Gasteiger partial charge in [-0.15, -0.1) is 0 Å². The number of esters is 2. The second-order valence-corrected chi connectivity index (χ2v) is 13.8. The van der Waals surface area contributed by atoms with E-state index in [4.69, 9.17) is 14.2 Å². The molecule has 0 aromatic carbocycles. The molecule has 278 valence electrons. The summed E-state index contributed by atoms with van der Waals surface area (Å²) < 4.78 is 17.0. The molecule has 0 bridgehead atoms. The summed E-state index contributed by atoms with van der Waals surface area (Å²) in [6.07, 6.45) is 33.2. The van der Waals surface area contributed by atoms with Gasteiger partial charge >= 0.3 is 11.9 Å². The number of ether oxygens (including phenoxy) is 3. The zero-order chi connectivity index (χ0) is 35.7. The monoisotopic (exact) mass is 678 g/mol. The van der Waals surface area contributed by atoms with E-state index in [1.807, 2.05) is 0 Å². The number of likely N-dealkylation sites (N-methyl/N-ethyl adjacent to an activating group) is 1. The van der Waals surface area contributed by atoms with Crippen molar-refractivity contribution in [3.8, 4) is 0 Å². The molecule has 0 aliphatic rings. The number of carbonyl (C=O) groups excluding carboxylic acids is 3. The van der Waals surface area contributed by atoms with Gasteiger partial charge in [-0.25, -0.2) is 0 Å². The largest absolute Gasteiger partial charge is 0.544 e. The normalized spacial score (nSPS) is 13.4. The molecule has 0 rings (SSSR count). The Bertz CT molecular complexity index is 891. The molecule has 0 aliphatic carbocycles. The molecule has 0 fully saturated rings. The Kier molecular flexibility index (Phi) is 30.2. The van der Waals surface area contributed by atoms with Gasteiger partial charge in [0.05, 0.1) is 40.3 Å². The molecule has 0 amide bonds. The van der Waals surface area contributed by atoms with Crippen molar-refractivity contribution in [1.82, 2.24) is 0 Å². The van der Waals surface area contributed by atoms with Gasteiger partial charge in [-0.2, -0.15) is 0 Å². The molecule has 8 nitrogen and oxygen atoms in total. The topological polar surface area (TPSA) is 102 Å². The predicted molar refractivity (Wildman–Crippen MR) is 194 cm³/mol. The molecule has 0 spiro atoms. The van der Waals surface area contributed by atoms with Crippen LogP contribution >= 0.6 is 0 Å². The fourth-order valence-electron chi connectivity index (χ4n) is 5.24. The zero-order valence-corrected chi connectivity index (χ0v) is 31.4. The van der Waals surface area contributed by atoms with Crippen LogP contribution in [0.1, 0.15) is 149 Å². The lowest BCUT2D eigenvalue weighted by Crippen LogP contribution is -2.55. The number of hydrogen-bond acceptors (Lipinski definition) is 7. The number of hydrogen-bond donors (Lipinski definition) is 0. The Morgan fingerprint density at radius 3 is 1.73 bits per heavy atom. The maximum absolute atomic E-state index is 12.6. The van der Waals surface area contributed by atoms with Crippen LogP contribution < -0.4 is 5.11 Å². The first-order valence-electron chi connectivity index (χ1n) is 19.0. The third-order valence-corrected chi connectivity index (χ3v) is 8.28. The smallest absolute Gasteiger partial charge is 0.306 e. The van der Waals surface area contributed by atoms with Crippen LogP contribution in [-0.2, 0) is 28.6 Å². The van der Waals surface area contributed by atoms with Crippen molar-refractivity contribution >= 4 is 17.9 Å². The molecule has 0 aromatic heterocycles. The van der Waals surface area contributed by atoms with Gasteiger partial charge in [0.1, 0.15) is 12.6 Å². The summed E-state index contributed by atoms with van der Waals surface area (Å²) in [7, 11) is 5.38. The zero-order valence-electron chi connectivity index (χ0n) is 31.4. The fraction of sp³-hybridized carbons (Fsp3) is 0.775. The maximum atomic E-state index is 12.6. The van der Waals surface area contributed by atoms with E-state index in [1.54, 1.807) is 21.1 Å². The van der Waals surface area contributed by atoms with Gasteiger partial charge in [0.15, 0.2) is 6.10 Å². The Labute approximate surface area is 293 Å². The SMILES string of the molecule is CCCCC/C=C/C=C/CCCCCCCCC(=O)OC(COCCC(C(=O)[O-])[N+](C)(C)C)COC(=O)CCC/C=C/CCCCCC. The number of allylic oxidation sites excluding steroid dienone is 6. The number of unbranched alkanes of at least 4 members (excludes halogenated alkanes) is 14. The van der Waals surface area contributed by atoms with E-state index in [9.17, 15) is 19.5 Å². The molecule has 0 heterocycles. The van der Waals surface area contributed by atoms with Gasteiger partial charge in [0.25, 0.3) is 0 Å². The van der Waals surface area contributed by atoms with Crippen LogP contribution in [0.5, 0.6) is 0 Å². The first kappa shape index (κ1) is 45.6. The number of carboxylic acids is 1. The lowest BCUT2D eigenvalue weighted by molar-refractivity contribution is -0.889. The van der Waals surface area contributed by atoms with Crippen LogP contribution in [0.2, 0.25) is 0 Å². The van der Waals surface area contributed by atoms with Crippen molar-refractivity contribution in [2.24, 2.45) is 0 Å². The minimum absolute atomic E-state index is 0.0276. The minimum atomic E-state index is -1.13. The van der Waals surface area contributed by atoms with Gasteiger partial charge in [-0.05, 0) is 57.8 Å². The molecule has 0 aromatic rings. The van der Waals surface area contributed by atoms with Crippen molar-refractivity contribution in [3.05, 3.63) is 36.5 Å². The number of aliphatic carboxylic acids is 1. The minimum Gasteiger partial charge on any atom is -0.544 e. The first-order valence-corrected chi connectivity index (χ1v) is 19.0. The molecule has 0 aliphatic heterocycles. The number of carboxylic acid groups (broad SMARTS) is 1. The first-order chi connectivity index (χ1) is 23.1. The molecule has 0 saturated carbocycles. The van der Waals surface area contributed by atoms with E-state index < -0.39 is 18.1 Å². The molecule has 0 radical (unpaired) electrons. The third-order valence-electron chi connectivity index (χ3n) is 8.28. The average molecular weight is 678 g/mol. The number of carbonyl (C=O) groups is 3. The van der Waals surface area contributed by atoms with Crippen LogP contribution in [0.15, 0.2) is 36.5 Å². The summed E-state index contributed by atoms with van der Waals surface area (Å²) in [5, 5.41) is 11.6.